The summed E-state index contributed by atoms with van der Waals surface area (Å²) < 4.78 is 19.3. The summed E-state index contributed by atoms with van der Waals surface area (Å²) in [6.07, 6.45) is 8.26. The standard InChI is InChI=1S/C24H52O3Si3/c1-23(2,3)29(10,11)25-19-17-15-14-16-18-20(21-22(26-21)28(7,8)9)27-30(12,13)24(4,5)6/h14,16,20-22H,15,17-19H2,1-13H3/b16-14-/t20-,21-,22-/m0/s1. The molecule has 0 bridgehead atoms. The molecule has 0 saturated carbocycles. The van der Waals surface area contributed by atoms with Crippen LogP contribution in [0.15, 0.2) is 12.2 Å². The molecular weight excluding hydrogens is 421 g/mol. The van der Waals surface area contributed by atoms with Gasteiger partial charge in [-0.15, -0.1) is 0 Å². The van der Waals surface area contributed by atoms with Gasteiger partial charge in [0.2, 0.25) is 0 Å². The van der Waals surface area contributed by atoms with Gasteiger partial charge in [0, 0.05) is 6.61 Å². The Balaban J connectivity index is 2.58. The molecule has 0 amide bonds. The third kappa shape index (κ3) is 8.32. The van der Waals surface area contributed by atoms with Crippen LogP contribution in [0.5, 0.6) is 0 Å². The lowest BCUT2D eigenvalue weighted by molar-refractivity contribution is 0.145. The fourth-order valence-corrected chi connectivity index (χ4v) is 7.20. The Morgan fingerprint density at radius 1 is 0.833 bits per heavy atom. The zero-order valence-corrected chi connectivity index (χ0v) is 25.4. The molecule has 3 atom stereocenters. The molecule has 178 valence electrons. The molecule has 30 heavy (non-hydrogen) atoms. The highest BCUT2D eigenvalue weighted by atomic mass is 28.4. The highest BCUT2D eigenvalue weighted by Gasteiger charge is 2.54. The number of hydrogen-bond acceptors (Lipinski definition) is 3. The Labute approximate surface area is 191 Å². The summed E-state index contributed by atoms with van der Waals surface area (Å²) in [4.78, 5) is 0. The van der Waals surface area contributed by atoms with Crippen molar-refractivity contribution in [3.8, 4) is 0 Å². The molecule has 1 rings (SSSR count). The van der Waals surface area contributed by atoms with E-state index in [-0.39, 0.29) is 22.3 Å². The molecular formula is C24H52O3Si3. The molecule has 0 N–H and O–H groups in total. The van der Waals surface area contributed by atoms with Gasteiger partial charge in [-0.25, -0.2) is 0 Å². The van der Waals surface area contributed by atoms with Crippen LogP contribution in [0, 0.1) is 0 Å². The van der Waals surface area contributed by atoms with E-state index in [1.165, 1.54) is 0 Å². The summed E-state index contributed by atoms with van der Waals surface area (Å²) in [6.45, 7) is 31.3. The topological polar surface area (TPSA) is 31.0 Å². The summed E-state index contributed by atoms with van der Waals surface area (Å²) in [7, 11) is -4.73. The quantitative estimate of drug-likeness (QED) is 0.133. The van der Waals surface area contributed by atoms with E-state index < -0.39 is 24.7 Å². The van der Waals surface area contributed by atoms with Gasteiger partial charge in [-0.1, -0.05) is 73.3 Å². The third-order valence-corrected chi connectivity index (χ3v) is 18.5. The van der Waals surface area contributed by atoms with E-state index in [0.29, 0.717) is 5.73 Å². The van der Waals surface area contributed by atoms with Crippen LogP contribution in [0.4, 0.5) is 0 Å². The van der Waals surface area contributed by atoms with E-state index in [0.717, 1.165) is 25.9 Å². The van der Waals surface area contributed by atoms with Gasteiger partial charge in [0.05, 0.1) is 19.9 Å². The van der Waals surface area contributed by atoms with Crippen LogP contribution >= 0.6 is 0 Å². The van der Waals surface area contributed by atoms with Gasteiger partial charge >= 0.3 is 0 Å². The van der Waals surface area contributed by atoms with Gasteiger partial charge in [0.15, 0.2) is 16.6 Å². The first-order valence-corrected chi connectivity index (χ1v) is 21.3. The van der Waals surface area contributed by atoms with Crippen molar-refractivity contribution in [2.75, 3.05) is 6.61 Å². The molecule has 0 radical (unpaired) electrons. The van der Waals surface area contributed by atoms with Gasteiger partial charge in [-0.05, 0) is 55.5 Å². The van der Waals surface area contributed by atoms with Gasteiger partial charge in [-0.2, -0.15) is 0 Å². The minimum absolute atomic E-state index is 0.197. The average Bonchev–Trinajstić information content (AvgIpc) is 3.31. The molecule has 0 aromatic rings. The predicted octanol–water partition coefficient (Wildman–Crippen LogP) is 7.77. The number of ether oxygens (including phenoxy) is 1. The smallest absolute Gasteiger partial charge is 0.192 e. The molecule has 0 aromatic heterocycles. The summed E-state index contributed by atoms with van der Waals surface area (Å²) in [5, 5.41) is 0.508. The fourth-order valence-electron chi connectivity index (χ4n) is 3.00. The largest absolute Gasteiger partial charge is 0.417 e. The van der Waals surface area contributed by atoms with Crippen molar-refractivity contribution in [3.63, 3.8) is 0 Å². The second-order valence-electron chi connectivity index (χ2n) is 13.3. The fraction of sp³-hybridized carbons (Fsp3) is 0.917. The van der Waals surface area contributed by atoms with Crippen LogP contribution in [0.3, 0.4) is 0 Å². The Kier molecular flexibility index (Phi) is 9.47. The first kappa shape index (κ1) is 28.3. The zero-order valence-electron chi connectivity index (χ0n) is 22.4. The van der Waals surface area contributed by atoms with Gasteiger partial charge < -0.3 is 13.6 Å². The van der Waals surface area contributed by atoms with Crippen LogP contribution in [0.2, 0.25) is 55.9 Å². The molecule has 1 heterocycles. The average molecular weight is 473 g/mol. The van der Waals surface area contributed by atoms with Crippen LogP contribution < -0.4 is 0 Å². The van der Waals surface area contributed by atoms with Crippen molar-refractivity contribution >= 4 is 24.7 Å². The maximum atomic E-state index is 6.83. The first-order chi connectivity index (χ1) is 13.3. The maximum absolute atomic E-state index is 6.83. The molecule has 0 unspecified atom stereocenters. The second kappa shape index (κ2) is 10.0. The maximum Gasteiger partial charge on any atom is 0.192 e. The normalized spacial score (nSPS) is 22.6. The minimum Gasteiger partial charge on any atom is -0.417 e. The van der Waals surface area contributed by atoms with Crippen molar-refractivity contribution in [2.45, 2.75) is 135 Å². The molecule has 1 aliphatic heterocycles. The molecule has 0 spiro atoms. The highest BCUT2D eigenvalue weighted by Crippen LogP contribution is 2.42. The lowest BCUT2D eigenvalue weighted by Crippen LogP contribution is -2.46. The van der Waals surface area contributed by atoms with Crippen LogP contribution in [0.1, 0.15) is 60.8 Å². The van der Waals surface area contributed by atoms with Crippen molar-refractivity contribution in [1.29, 1.82) is 0 Å². The lowest BCUT2D eigenvalue weighted by atomic mass is 10.1. The number of allylic oxidation sites excluding steroid dienone is 1. The summed E-state index contributed by atoms with van der Waals surface area (Å²) in [6, 6.07) is 0. The van der Waals surface area contributed by atoms with E-state index >= 15 is 0 Å². The molecule has 1 aliphatic rings. The molecule has 0 aliphatic carbocycles. The van der Waals surface area contributed by atoms with Gasteiger partial charge in [0.1, 0.15) is 6.10 Å². The summed E-state index contributed by atoms with van der Waals surface area (Å²) in [5.74, 6) is 0. The number of hydrogen-bond donors (Lipinski definition) is 0. The van der Waals surface area contributed by atoms with Crippen LogP contribution in [-0.2, 0) is 13.6 Å². The monoisotopic (exact) mass is 472 g/mol. The second-order valence-corrected chi connectivity index (χ2v) is 28.1. The number of rotatable bonds is 11. The Hall–Kier alpha value is 0.271. The van der Waals surface area contributed by atoms with Gasteiger partial charge in [-0.3, -0.25) is 0 Å². The SMILES string of the molecule is CC(C)(C)[Si](C)(C)OCCC/C=C\C[C@H](O[Si](C)(C)C(C)(C)C)[C@@H]1O[C@H]1[Si](C)(C)C. The number of epoxide rings is 1. The van der Waals surface area contributed by atoms with Crippen molar-refractivity contribution in [3.05, 3.63) is 12.2 Å². The lowest BCUT2D eigenvalue weighted by Gasteiger charge is -2.39. The van der Waals surface area contributed by atoms with E-state index in [4.69, 9.17) is 13.6 Å². The molecule has 6 heteroatoms. The predicted molar refractivity (Wildman–Crippen MR) is 140 cm³/mol. The summed E-state index contributed by atoms with van der Waals surface area (Å²) >= 11 is 0. The van der Waals surface area contributed by atoms with E-state index in [9.17, 15) is 0 Å². The number of unbranched alkanes of at least 4 members (excludes halogenated alkanes) is 1. The Morgan fingerprint density at radius 2 is 1.37 bits per heavy atom. The van der Waals surface area contributed by atoms with Crippen molar-refractivity contribution in [2.24, 2.45) is 0 Å². The van der Waals surface area contributed by atoms with Crippen molar-refractivity contribution < 1.29 is 13.6 Å². The van der Waals surface area contributed by atoms with Gasteiger partial charge in [0.25, 0.3) is 0 Å². The van der Waals surface area contributed by atoms with Crippen LogP contribution in [0.25, 0.3) is 0 Å². The van der Waals surface area contributed by atoms with E-state index in [1.807, 2.05) is 0 Å². The van der Waals surface area contributed by atoms with E-state index in [2.05, 4.69) is 99.5 Å². The molecule has 3 nitrogen and oxygen atoms in total. The van der Waals surface area contributed by atoms with E-state index in [1.54, 1.807) is 0 Å². The van der Waals surface area contributed by atoms with Crippen LogP contribution in [-0.4, -0.2) is 49.3 Å². The summed E-state index contributed by atoms with van der Waals surface area (Å²) in [5.41, 5.74) is 0.443. The minimum atomic E-state index is -1.81. The molecule has 0 aromatic carbocycles. The highest BCUT2D eigenvalue weighted by molar-refractivity contribution is 6.78. The Morgan fingerprint density at radius 3 is 1.80 bits per heavy atom. The third-order valence-electron chi connectivity index (χ3n) is 7.32. The Bertz CT molecular complexity index is 566. The zero-order chi connectivity index (χ0) is 23.6. The molecule has 1 fully saturated rings. The molecule has 1 saturated heterocycles. The first-order valence-electron chi connectivity index (χ1n) is 11.9. The van der Waals surface area contributed by atoms with Crippen molar-refractivity contribution in [1.82, 2.24) is 0 Å².